The van der Waals surface area contributed by atoms with E-state index in [9.17, 15) is 9.59 Å². The van der Waals surface area contributed by atoms with Crippen LogP contribution in [0.15, 0.2) is 35.4 Å². The van der Waals surface area contributed by atoms with Crippen LogP contribution in [0.5, 0.6) is 0 Å². The first-order valence-electron chi connectivity index (χ1n) is 9.09. The number of aryl methyl sites for hydroxylation is 1. The molecule has 2 aromatic heterocycles. The number of hydrogen-bond donors (Lipinski definition) is 1. The van der Waals surface area contributed by atoms with Gasteiger partial charge >= 0.3 is 0 Å². The van der Waals surface area contributed by atoms with Gasteiger partial charge < -0.3 is 9.88 Å². The summed E-state index contributed by atoms with van der Waals surface area (Å²) in [5, 5.41) is 0. The molecule has 0 radical (unpaired) electrons. The topological polar surface area (TPSA) is 82.2 Å². The van der Waals surface area contributed by atoms with Gasteiger partial charge in [-0.05, 0) is 37.8 Å². The molecule has 0 saturated carbocycles. The minimum Gasteiger partial charge on any atom is -0.337 e. The number of piperidine rings is 1. The van der Waals surface area contributed by atoms with Gasteiger partial charge in [0.05, 0.1) is 5.69 Å². The van der Waals surface area contributed by atoms with E-state index < -0.39 is 0 Å². The third-order valence-electron chi connectivity index (χ3n) is 5.36. The van der Waals surface area contributed by atoms with Gasteiger partial charge in [-0.15, -0.1) is 0 Å². The number of aromatic amines is 1. The summed E-state index contributed by atoms with van der Waals surface area (Å²) >= 11 is 0. The number of carbonyl (C=O) groups is 1. The van der Waals surface area contributed by atoms with Crippen LogP contribution < -0.4 is 5.56 Å². The molecule has 3 aliphatic rings. The Bertz CT molecular complexity index is 851. The average molecular weight is 353 g/mol. The van der Waals surface area contributed by atoms with Gasteiger partial charge in [0, 0.05) is 44.6 Å². The summed E-state index contributed by atoms with van der Waals surface area (Å²) in [5.41, 5.74) is 0.828. The molecule has 0 aliphatic carbocycles. The summed E-state index contributed by atoms with van der Waals surface area (Å²) in [6.45, 7) is 4.82. The Morgan fingerprint density at radius 3 is 2.88 bits per heavy atom. The lowest BCUT2D eigenvalue weighted by atomic mass is 9.95. The lowest BCUT2D eigenvalue weighted by molar-refractivity contribution is 0.0733. The highest BCUT2D eigenvalue weighted by Crippen LogP contribution is 2.29. The highest BCUT2D eigenvalue weighted by Gasteiger charge is 2.37. The number of nitrogens with one attached hydrogen (secondary N) is 1. The summed E-state index contributed by atoms with van der Waals surface area (Å²) in [4.78, 5) is 40.4. The zero-order valence-electron chi connectivity index (χ0n) is 14.9. The van der Waals surface area contributed by atoms with Gasteiger partial charge in [0.15, 0.2) is 0 Å². The summed E-state index contributed by atoms with van der Waals surface area (Å²) in [6, 6.07) is 6.27. The number of pyridine rings is 1. The molecule has 5 heterocycles. The average Bonchev–Trinajstić information content (AvgIpc) is 2.94. The number of amides is 1. The molecular weight excluding hydrogens is 330 g/mol. The molecule has 0 spiro atoms. The van der Waals surface area contributed by atoms with Crippen molar-refractivity contribution in [2.45, 2.75) is 32.4 Å². The molecule has 2 atom stereocenters. The van der Waals surface area contributed by atoms with E-state index in [0.717, 1.165) is 31.6 Å². The van der Waals surface area contributed by atoms with Crippen LogP contribution >= 0.6 is 0 Å². The van der Waals surface area contributed by atoms with Crippen molar-refractivity contribution >= 4 is 5.91 Å². The summed E-state index contributed by atoms with van der Waals surface area (Å²) in [5.74, 6) is 0.734. The summed E-state index contributed by atoms with van der Waals surface area (Å²) in [6.07, 6.45) is 5.41. The second kappa shape index (κ2) is 6.99. The first kappa shape index (κ1) is 16.9. The Hall–Kier alpha value is -2.54. The molecule has 3 saturated heterocycles. The van der Waals surface area contributed by atoms with E-state index in [1.54, 1.807) is 6.92 Å². The fourth-order valence-electron chi connectivity index (χ4n) is 4.04. The van der Waals surface area contributed by atoms with Crippen LogP contribution in [-0.4, -0.2) is 56.3 Å². The van der Waals surface area contributed by atoms with Crippen LogP contribution in [0.4, 0.5) is 0 Å². The van der Waals surface area contributed by atoms with E-state index in [4.69, 9.17) is 0 Å². The number of hydrogen-bond acceptors (Lipinski definition) is 5. The highest BCUT2D eigenvalue weighted by molar-refractivity contribution is 5.93. The second-order valence-electron chi connectivity index (χ2n) is 7.27. The van der Waals surface area contributed by atoms with Gasteiger partial charge in [0.1, 0.15) is 11.4 Å². The fourth-order valence-corrected chi connectivity index (χ4v) is 4.04. The Morgan fingerprint density at radius 2 is 2.12 bits per heavy atom. The number of H-pyrrole nitrogens is 1. The lowest BCUT2D eigenvalue weighted by Gasteiger charge is -2.35. The Kier molecular flexibility index (Phi) is 4.55. The van der Waals surface area contributed by atoms with E-state index >= 15 is 0 Å². The van der Waals surface area contributed by atoms with Crippen molar-refractivity contribution in [2.24, 2.45) is 5.92 Å². The smallest absolute Gasteiger partial charge is 0.263 e. The first-order valence-corrected chi connectivity index (χ1v) is 9.09. The molecule has 3 fully saturated rings. The van der Waals surface area contributed by atoms with Gasteiger partial charge in [0.25, 0.3) is 11.5 Å². The number of aromatic nitrogens is 3. The van der Waals surface area contributed by atoms with Gasteiger partial charge in [-0.2, -0.15) is 0 Å². The molecule has 1 N–H and O–H groups in total. The van der Waals surface area contributed by atoms with Gasteiger partial charge in [0.2, 0.25) is 0 Å². The molecule has 3 aliphatic heterocycles. The first-order chi connectivity index (χ1) is 12.6. The minimum atomic E-state index is -0.357. The SMILES string of the molecule is Cc1ncc(C(=O)N2C[C@H]3CC[C@@H](C2)N(Cc2ccccn2)C3)c(=O)[nH]1. The van der Waals surface area contributed by atoms with Crippen molar-refractivity contribution < 1.29 is 4.79 Å². The molecule has 136 valence electrons. The van der Waals surface area contributed by atoms with Crippen LogP contribution in [0.1, 0.15) is 34.7 Å². The van der Waals surface area contributed by atoms with Crippen LogP contribution in [0.3, 0.4) is 0 Å². The maximum atomic E-state index is 12.9. The van der Waals surface area contributed by atoms with E-state index in [2.05, 4.69) is 19.9 Å². The maximum Gasteiger partial charge on any atom is 0.263 e. The van der Waals surface area contributed by atoms with Crippen LogP contribution in [0.2, 0.25) is 0 Å². The zero-order valence-corrected chi connectivity index (χ0v) is 14.9. The second-order valence-corrected chi connectivity index (χ2v) is 7.27. The fraction of sp³-hybridized carbons (Fsp3) is 0.474. The van der Waals surface area contributed by atoms with Gasteiger partial charge in [-0.25, -0.2) is 4.98 Å². The molecule has 5 rings (SSSR count). The Labute approximate surface area is 152 Å². The molecule has 0 unspecified atom stereocenters. The van der Waals surface area contributed by atoms with E-state index in [1.165, 1.54) is 6.20 Å². The number of carbonyl (C=O) groups excluding carboxylic acids is 1. The third kappa shape index (κ3) is 3.39. The van der Waals surface area contributed by atoms with Crippen LogP contribution in [0.25, 0.3) is 0 Å². The largest absolute Gasteiger partial charge is 0.337 e. The molecule has 7 heteroatoms. The third-order valence-corrected chi connectivity index (χ3v) is 5.36. The van der Waals surface area contributed by atoms with Crippen molar-refractivity contribution in [3.05, 3.63) is 58.0 Å². The van der Waals surface area contributed by atoms with Crippen molar-refractivity contribution in [2.75, 3.05) is 19.6 Å². The van der Waals surface area contributed by atoms with Gasteiger partial charge in [-0.1, -0.05) is 6.07 Å². The quantitative estimate of drug-likeness (QED) is 0.897. The number of nitrogens with zero attached hydrogens (tertiary/aromatic N) is 4. The van der Waals surface area contributed by atoms with Crippen molar-refractivity contribution in [3.8, 4) is 0 Å². The van der Waals surface area contributed by atoms with E-state index in [-0.39, 0.29) is 17.0 Å². The predicted octanol–water partition coefficient (Wildman–Crippen LogP) is 1.21. The normalized spacial score (nSPS) is 23.0. The standard InChI is InChI=1S/C19H23N5O2/c1-13-21-8-17(18(25)22-13)19(26)24-10-14-5-6-16(12-24)23(9-14)11-15-4-2-3-7-20-15/h2-4,7-8,14,16H,5-6,9-12H2,1H3,(H,21,22,25)/t14-,16-/m0/s1. The Morgan fingerprint density at radius 1 is 1.23 bits per heavy atom. The zero-order chi connectivity index (χ0) is 18.1. The van der Waals surface area contributed by atoms with Crippen molar-refractivity contribution in [1.29, 1.82) is 0 Å². The van der Waals surface area contributed by atoms with E-state index in [1.807, 2.05) is 29.3 Å². The van der Waals surface area contributed by atoms with Crippen molar-refractivity contribution in [3.63, 3.8) is 0 Å². The molecule has 26 heavy (non-hydrogen) atoms. The lowest BCUT2D eigenvalue weighted by Crippen LogP contribution is -2.44. The molecular formula is C19H23N5O2. The molecule has 0 aromatic carbocycles. The molecule has 2 aromatic rings. The predicted molar refractivity (Wildman–Crippen MR) is 96.7 cm³/mol. The van der Waals surface area contributed by atoms with E-state index in [0.29, 0.717) is 30.9 Å². The molecule has 2 bridgehead atoms. The van der Waals surface area contributed by atoms with Crippen LogP contribution in [0, 0.1) is 12.8 Å². The Balaban J connectivity index is 1.52. The van der Waals surface area contributed by atoms with Gasteiger partial charge in [-0.3, -0.25) is 19.5 Å². The highest BCUT2D eigenvalue weighted by atomic mass is 16.2. The molecule has 1 amide bonds. The monoisotopic (exact) mass is 353 g/mol. The van der Waals surface area contributed by atoms with Crippen LogP contribution in [-0.2, 0) is 6.54 Å². The maximum absolute atomic E-state index is 12.9. The summed E-state index contributed by atoms with van der Waals surface area (Å²) in [7, 11) is 0. The number of rotatable bonds is 3. The molecule has 7 nitrogen and oxygen atoms in total. The van der Waals surface area contributed by atoms with Crippen molar-refractivity contribution in [1.82, 2.24) is 24.8 Å². The number of fused-ring (bicyclic) bond motifs is 4. The summed E-state index contributed by atoms with van der Waals surface area (Å²) < 4.78 is 0. The minimum absolute atomic E-state index is 0.133.